The van der Waals surface area contributed by atoms with Gasteiger partial charge in [0.2, 0.25) is 0 Å². The molecule has 8 nitrogen and oxygen atoms in total. The fourth-order valence-corrected chi connectivity index (χ4v) is 6.44. The number of aliphatic hydroxyl groups excluding tert-OH is 1. The molecule has 0 radical (unpaired) electrons. The fourth-order valence-electron chi connectivity index (χ4n) is 5.24. The third-order valence-electron chi connectivity index (χ3n) is 7.69. The van der Waals surface area contributed by atoms with Crippen LogP contribution in [0.2, 0.25) is 0 Å². The van der Waals surface area contributed by atoms with Crippen molar-refractivity contribution in [3.8, 4) is 5.75 Å². The Hall–Kier alpha value is -4.28. The first-order valence-corrected chi connectivity index (χ1v) is 15.4. The van der Waals surface area contributed by atoms with Crippen molar-refractivity contribution >= 4 is 34.4 Å². The number of thioether (sulfide) groups is 1. The molecule has 4 aromatic carbocycles. The van der Waals surface area contributed by atoms with Crippen molar-refractivity contribution < 1.29 is 24.1 Å². The summed E-state index contributed by atoms with van der Waals surface area (Å²) in [4.78, 5) is 23.0. The maximum absolute atomic E-state index is 13.1. The summed E-state index contributed by atoms with van der Waals surface area (Å²) in [5.74, 6) is 1.18. The molecule has 44 heavy (non-hydrogen) atoms. The molecule has 1 amide bonds. The highest BCUT2D eigenvalue weighted by Gasteiger charge is 2.38. The van der Waals surface area contributed by atoms with Gasteiger partial charge in [0.1, 0.15) is 11.4 Å². The number of hydrogen-bond donors (Lipinski definition) is 2. The van der Waals surface area contributed by atoms with Crippen LogP contribution in [0.5, 0.6) is 5.75 Å². The molecule has 0 spiro atoms. The van der Waals surface area contributed by atoms with Gasteiger partial charge in [0.05, 0.1) is 43.2 Å². The van der Waals surface area contributed by atoms with Crippen LogP contribution in [-0.4, -0.2) is 39.9 Å². The van der Waals surface area contributed by atoms with Gasteiger partial charge in [-0.05, 0) is 47.5 Å². The summed E-state index contributed by atoms with van der Waals surface area (Å²) in [5.41, 5.74) is 4.84. The molecular weight excluding hydrogens is 574 g/mol. The molecule has 5 aromatic rings. The minimum atomic E-state index is -0.672. The van der Waals surface area contributed by atoms with Gasteiger partial charge < -0.3 is 24.6 Å². The summed E-state index contributed by atoms with van der Waals surface area (Å²) in [6.07, 6.45) is 0.398. The van der Waals surface area contributed by atoms with E-state index >= 15 is 0 Å². The number of carbonyl (C=O) groups excluding carboxylic acids is 1. The zero-order valence-electron chi connectivity index (χ0n) is 24.4. The molecule has 1 aliphatic heterocycles. The second-order valence-corrected chi connectivity index (χ2v) is 11.7. The predicted molar refractivity (Wildman–Crippen MR) is 171 cm³/mol. The zero-order chi connectivity index (χ0) is 30.5. The van der Waals surface area contributed by atoms with E-state index in [0.717, 1.165) is 32.9 Å². The van der Waals surface area contributed by atoms with E-state index in [1.165, 1.54) is 6.20 Å². The average molecular weight is 608 g/mol. The highest BCUT2D eigenvalue weighted by atomic mass is 32.2. The minimum Gasteiger partial charge on any atom is -0.496 e. The molecule has 0 unspecified atom stereocenters. The van der Waals surface area contributed by atoms with Crippen molar-refractivity contribution in [2.75, 3.05) is 18.2 Å². The van der Waals surface area contributed by atoms with Gasteiger partial charge in [0, 0.05) is 27.8 Å². The Morgan fingerprint density at radius 3 is 2.50 bits per heavy atom. The van der Waals surface area contributed by atoms with Crippen LogP contribution in [0.4, 0.5) is 5.69 Å². The summed E-state index contributed by atoms with van der Waals surface area (Å²) in [6.45, 7) is 2.12. The van der Waals surface area contributed by atoms with Crippen molar-refractivity contribution in [3.05, 3.63) is 126 Å². The average Bonchev–Trinajstić information content (AvgIpc) is 3.08. The molecule has 1 fully saturated rings. The van der Waals surface area contributed by atoms with Gasteiger partial charge in [0.15, 0.2) is 6.29 Å². The van der Waals surface area contributed by atoms with Crippen LogP contribution in [0.15, 0.2) is 108 Å². The van der Waals surface area contributed by atoms with Crippen LogP contribution < -0.4 is 10.1 Å². The maximum atomic E-state index is 13.1. The number of benzene rings is 4. The summed E-state index contributed by atoms with van der Waals surface area (Å²) in [7, 11) is 1.67. The van der Waals surface area contributed by atoms with Crippen molar-refractivity contribution in [1.82, 2.24) is 9.97 Å². The first kappa shape index (κ1) is 29.8. The molecular formula is C35H33N3O5S. The predicted octanol–water partition coefficient (Wildman–Crippen LogP) is 6.97. The Labute approximate surface area is 260 Å². The van der Waals surface area contributed by atoms with Gasteiger partial charge in [-0.3, -0.25) is 9.78 Å². The van der Waals surface area contributed by atoms with E-state index in [1.54, 1.807) is 18.9 Å². The number of aliphatic hydroxyl groups is 1. The zero-order valence-corrected chi connectivity index (χ0v) is 25.2. The third-order valence-corrected chi connectivity index (χ3v) is 8.84. The van der Waals surface area contributed by atoms with Gasteiger partial charge in [0.25, 0.3) is 5.91 Å². The van der Waals surface area contributed by atoms with E-state index in [9.17, 15) is 9.90 Å². The molecule has 224 valence electrons. The molecule has 1 aliphatic rings. The molecule has 1 saturated heterocycles. The van der Waals surface area contributed by atoms with Crippen molar-refractivity contribution in [1.29, 1.82) is 0 Å². The lowest BCUT2D eigenvalue weighted by molar-refractivity contribution is -0.268. The first-order valence-electron chi connectivity index (χ1n) is 14.4. The van der Waals surface area contributed by atoms with E-state index in [1.807, 2.05) is 97.1 Å². The number of aromatic nitrogens is 2. The topological polar surface area (TPSA) is 103 Å². The Kier molecular flexibility index (Phi) is 9.18. The lowest BCUT2D eigenvalue weighted by atomic mass is 9.91. The number of fused-ring (bicyclic) bond motifs is 1. The number of rotatable bonds is 9. The van der Waals surface area contributed by atoms with Crippen LogP contribution in [-0.2, 0) is 16.1 Å². The van der Waals surface area contributed by atoms with Crippen molar-refractivity contribution in [2.24, 2.45) is 5.92 Å². The summed E-state index contributed by atoms with van der Waals surface area (Å²) >= 11 is 1.68. The summed E-state index contributed by atoms with van der Waals surface area (Å²) in [6, 6.07) is 30.7. The summed E-state index contributed by atoms with van der Waals surface area (Å²) < 4.78 is 18.8. The number of amides is 1. The Morgan fingerprint density at radius 2 is 1.70 bits per heavy atom. The van der Waals surface area contributed by atoms with E-state index in [0.29, 0.717) is 17.0 Å². The Bertz CT molecular complexity index is 1750. The lowest BCUT2D eigenvalue weighted by Crippen LogP contribution is -2.38. The van der Waals surface area contributed by atoms with Crippen LogP contribution in [0.25, 0.3) is 11.0 Å². The maximum Gasteiger partial charge on any atom is 0.275 e. The number of hydrogen-bond acceptors (Lipinski definition) is 8. The number of carbonyl (C=O) groups is 1. The number of methoxy groups -OCH3 is 1. The van der Waals surface area contributed by atoms with E-state index in [4.69, 9.17) is 14.2 Å². The van der Waals surface area contributed by atoms with Crippen LogP contribution in [0, 0.1) is 5.92 Å². The van der Waals surface area contributed by atoms with Crippen molar-refractivity contribution in [3.63, 3.8) is 0 Å². The second kappa shape index (κ2) is 13.6. The van der Waals surface area contributed by atoms with Gasteiger partial charge in [-0.2, -0.15) is 0 Å². The first-order chi connectivity index (χ1) is 21.5. The number of ether oxygens (including phenoxy) is 3. The summed E-state index contributed by atoms with van der Waals surface area (Å²) in [5, 5.41) is 12.5. The monoisotopic (exact) mass is 607 g/mol. The molecule has 0 aliphatic carbocycles. The fraction of sp³-hybridized carbons (Fsp3) is 0.229. The Balaban J connectivity index is 1.24. The van der Waals surface area contributed by atoms with Gasteiger partial charge in [-0.25, -0.2) is 4.98 Å². The quantitative estimate of drug-likeness (QED) is 0.173. The van der Waals surface area contributed by atoms with Crippen molar-refractivity contribution in [2.45, 2.75) is 36.9 Å². The van der Waals surface area contributed by atoms with Crippen LogP contribution in [0.1, 0.15) is 46.5 Å². The Morgan fingerprint density at radius 1 is 0.932 bits per heavy atom. The second-order valence-electron chi connectivity index (χ2n) is 10.6. The third kappa shape index (κ3) is 6.61. The van der Waals surface area contributed by atoms with Gasteiger partial charge in [-0.1, -0.05) is 67.6 Å². The molecule has 6 rings (SSSR count). The van der Waals surface area contributed by atoms with E-state index in [2.05, 4.69) is 22.2 Å². The normalized spacial score (nSPS) is 19.9. The molecule has 0 saturated carbocycles. The number of nitrogens with one attached hydrogen (secondary N) is 1. The van der Waals surface area contributed by atoms with E-state index in [-0.39, 0.29) is 36.3 Å². The van der Waals surface area contributed by atoms with Gasteiger partial charge in [-0.15, -0.1) is 11.8 Å². The lowest BCUT2D eigenvalue weighted by Gasteiger charge is -2.41. The SMILES string of the molecule is COc1ccccc1SC[C@H]1O[C@@H](c2cccc(NC(=O)c3cnc4ccccc4n3)c2)O[C@@H](c2ccc(CO)cc2)[C@H]1C. The molecule has 1 aromatic heterocycles. The highest BCUT2D eigenvalue weighted by Crippen LogP contribution is 2.44. The highest BCUT2D eigenvalue weighted by molar-refractivity contribution is 7.99. The smallest absolute Gasteiger partial charge is 0.275 e. The molecule has 9 heteroatoms. The molecule has 4 atom stereocenters. The molecule has 2 heterocycles. The number of anilines is 1. The standard InChI is InChI=1S/C35H33N3O5S/c1-22-31(21-44-32-13-6-5-12-30(32)41-2)42-35(43-33(22)24-16-14-23(20-39)15-17-24)25-8-7-9-26(18-25)37-34(40)29-19-36-27-10-3-4-11-28(27)38-29/h3-19,22,31,33,35,39H,20-21H2,1-2H3,(H,37,40)/t22-,31+,33+,35+/m0/s1. The van der Waals surface area contributed by atoms with E-state index < -0.39 is 6.29 Å². The number of nitrogens with zero attached hydrogens (tertiary/aromatic N) is 2. The number of para-hydroxylation sites is 3. The molecule has 0 bridgehead atoms. The minimum absolute atomic E-state index is 0.0193. The largest absolute Gasteiger partial charge is 0.496 e. The van der Waals surface area contributed by atoms with Crippen LogP contribution >= 0.6 is 11.8 Å². The van der Waals surface area contributed by atoms with Gasteiger partial charge >= 0.3 is 0 Å². The molecule has 2 N–H and O–H groups in total. The van der Waals surface area contributed by atoms with Crippen LogP contribution in [0.3, 0.4) is 0 Å².